The average molecular weight is 247 g/mol. The van der Waals surface area contributed by atoms with E-state index in [4.69, 9.17) is 9.68 Å². The van der Waals surface area contributed by atoms with Crippen LogP contribution in [0, 0.1) is 18.3 Å². The summed E-state index contributed by atoms with van der Waals surface area (Å²) in [5.74, 6) is 1.15. The van der Waals surface area contributed by atoms with Crippen LogP contribution >= 0.6 is 11.3 Å². The molecular formula is C12H13N3OS. The zero-order chi connectivity index (χ0) is 12.1. The van der Waals surface area contributed by atoms with Crippen LogP contribution < -0.4 is 5.32 Å². The van der Waals surface area contributed by atoms with Crippen molar-refractivity contribution in [3.05, 3.63) is 39.7 Å². The van der Waals surface area contributed by atoms with Crippen LogP contribution in [0.3, 0.4) is 0 Å². The molecule has 1 N–H and O–H groups in total. The summed E-state index contributed by atoms with van der Waals surface area (Å²) in [6, 6.07) is 5.46. The molecule has 4 nitrogen and oxygen atoms in total. The van der Waals surface area contributed by atoms with Crippen LogP contribution in [0.1, 0.15) is 22.2 Å². The van der Waals surface area contributed by atoms with Gasteiger partial charge >= 0.3 is 0 Å². The van der Waals surface area contributed by atoms with Gasteiger partial charge in [-0.3, -0.25) is 0 Å². The first-order chi connectivity index (χ1) is 8.28. The maximum absolute atomic E-state index is 8.60. The Hall–Kier alpha value is -1.64. The molecule has 2 aromatic heterocycles. The molecule has 0 amide bonds. The largest absolute Gasteiger partial charge is 0.449 e. The number of thiazole rings is 1. The van der Waals surface area contributed by atoms with Crippen molar-refractivity contribution in [1.82, 2.24) is 10.3 Å². The summed E-state index contributed by atoms with van der Waals surface area (Å²) >= 11 is 1.67. The molecule has 2 heterocycles. The highest BCUT2D eigenvalue weighted by Crippen LogP contribution is 2.08. The lowest BCUT2D eigenvalue weighted by Gasteiger charge is -2.00. The molecule has 2 rings (SSSR count). The summed E-state index contributed by atoms with van der Waals surface area (Å²) in [4.78, 5) is 4.38. The van der Waals surface area contributed by atoms with Crippen molar-refractivity contribution in [2.75, 3.05) is 6.54 Å². The van der Waals surface area contributed by atoms with Crippen molar-refractivity contribution in [2.45, 2.75) is 19.9 Å². The van der Waals surface area contributed by atoms with Crippen molar-refractivity contribution in [2.24, 2.45) is 0 Å². The first-order valence-corrected chi connectivity index (χ1v) is 6.26. The lowest BCUT2D eigenvalue weighted by molar-refractivity contribution is 0.474. The minimum Gasteiger partial charge on any atom is -0.449 e. The molecule has 0 bridgehead atoms. The topological polar surface area (TPSA) is 61.9 Å². The number of aryl methyl sites for hydroxylation is 1. The van der Waals surface area contributed by atoms with Crippen molar-refractivity contribution < 1.29 is 4.42 Å². The molecule has 0 saturated carbocycles. The quantitative estimate of drug-likeness (QED) is 0.823. The van der Waals surface area contributed by atoms with E-state index in [1.165, 1.54) is 0 Å². The Kier molecular flexibility index (Phi) is 3.91. The second-order valence-corrected chi connectivity index (χ2v) is 4.72. The standard InChI is InChI=1S/C12H13N3OS/c1-9-15-10(8-17-9)4-5-14-7-12-3-2-11(6-13)16-12/h2-3,8,14H,4-5,7H2,1H3. The molecule has 5 heteroatoms. The van der Waals surface area contributed by atoms with Crippen molar-refractivity contribution in [3.8, 4) is 6.07 Å². The van der Waals surface area contributed by atoms with Gasteiger partial charge in [-0.25, -0.2) is 4.98 Å². The third kappa shape index (κ3) is 3.41. The van der Waals surface area contributed by atoms with Gasteiger partial charge in [-0.1, -0.05) is 0 Å². The summed E-state index contributed by atoms with van der Waals surface area (Å²) in [7, 11) is 0. The summed E-state index contributed by atoms with van der Waals surface area (Å²) in [6.07, 6.45) is 0.913. The fourth-order valence-electron chi connectivity index (χ4n) is 1.48. The smallest absolute Gasteiger partial charge is 0.203 e. The molecule has 0 radical (unpaired) electrons. The van der Waals surface area contributed by atoms with E-state index in [0.717, 1.165) is 29.4 Å². The Labute approximate surface area is 104 Å². The highest BCUT2D eigenvalue weighted by atomic mass is 32.1. The number of nitriles is 1. The Morgan fingerprint density at radius 3 is 3.06 bits per heavy atom. The molecule has 0 aliphatic carbocycles. The Bertz CT molecular complexity index is 524. The third-order valence-electron chi connectivity index (χ3n) is 2.30. The predicted molar refractivity (Wildman–Crippen MR) is 65.7 cm³/mol. The molecule has 2 aromatic rings. The number of rotatable bonds is 5. The SMILES string of the molecule is Cc1nc(CCNCc2ccc(C#N)o2)cs1. The van der Waals surface area contributed by atoms with Crippen LogP contribution in [0.2, 0.25) is 0 Å². The van der Waals surface area contributed by atoms with Crippen molar-refractivity contribution in [3.63, 3.8) is 0 Å². The number of nitrogens with zero attached hydrogens (tertiary/aromatic N) is 2. The van der Waals surface area contributed by atoms with Crippen LogP contribution in [-0.2, 0) is 13.0 Å². The molecular weight excluding hydrogens is 234 g/mol. The summed E-state index contributed by atoms with van der Waals surface area (Å²) < 4.78 is 5.25. The molecule has 88 valence electrons. The van der Waals surface area contributed by atoms with Gasteiger partial charge in [0.15, 0.2) is 0 Å². The Balaban J connectivity index is 1.71. The Morgan fingerprint density at radius 2 is 2.41 bits per heavy atom. The van der Waals surface area contributed by atoms with Gasteiger partial charge in [-0.2, -0.15) is 5.26 Å². The van der Waals surface area contributed by atoms with E-state index in [1.54, 1.807) is 17.4 Å². The van der Waals surface area contributed by atoms with Gasteiger partial charge in [0.05, 0.1) is 17.2 Å². The molecule has 0 aliphatic heterocycles. The highest BCUT2D eigenvalue weighted by molar-refractivity contribution is 7.09. The second kappa shape index (κ2) is 5.62. The number of hydrogen-bond acceptors (Lipinski definition) is 5. The van der Waals surface area contributed by atoms with E-state index in [1.807, 2.05) is 19.1 Å². The molecule has 0 atom stereocenters. The average Bonchev–Trinajstić information content (AvgIpc) is 2.93. The molecule has 0 aliphatic rings. The van der Waals surface area contributed by atoms with Gasteiger partial charge in [0, 0.05) is 18.3 Å². The van der Waals surface area contributed by atoms with Crippen LogP contribution in [0.25, 0.3) is 0 Å². The number of furan rings is 1. The maximum atomic E-state index is 8.60. The number of aromatic nitrogens is 1. The normalized spacial score (nSPS) is 10.4. The molecule has 0 aromatic carbocycles. The maximum Gasteiger partial charge on any atom is 0.203 e. The predicted octanol–water partition coefficient (Wildman–Crippen LogP) is 2.25. The fourth-order valence-corrected chi connectivity index (χ4v) is 2.13. The van der Waals surface area contributed by atoms with E-state index < -0.39 is 0 Å². The molecule has 0 fully saturated rings. The van der Waals surface area contributed by atoms with E-state index in [0.29, 0.717) is 12.3 Å². The van der Waals surface area contributed by atoms with Crippen LogP contribution in [0.4, 0.5) is 0 Å². The monoisotopic (exact) mass is 247 g/mol. The van der Waals surface area contributed by atoms with E-state index in [2.05, 4.69) is 15.7 Å². The van der Waals surface area contributed by atoms with Crippen LogP contribution in [-0.4, -0.2) is 11.5 Å². The van der Waals surface area contributed by atoms with Crippen molar-refractivity contribution >= 4 is 11.3 Å². The third-order valence-corrected chi connectivity index (χ3v) is 3.12. The molecule has 17 heavy (non-hydrogen) atoms. The Morgan fingerprint density at radius 1 is 1.53 bits per heavy atom. The van der Waals surface area contributed by atoms with Gasteiger partial charge in [0.25, 0.3) is 0 Å². The molecule has 0 unspecified atom stereocenters. The van der Waals surface area contributed by atoms with E-state index in [9.17, 15) is 0 Å². The van der Waals surface area contributed by atoms with Gasteiger partial charge in [-0.05, 0) is 19.1 Å². The zero-order valence-electron chi connectivity index (χ0n) is 9.56. The second-order valence-electron chi connectivity index (χ2n) is 3.66. The zero-order valence-corrected chi connectivity index (χ0v) is 10.4. The van der Waals surface area contributed by atoms with E-state index in [-0.39, 0.29) is 0 Å². The summed E-state index contributed by atoms with van der Waals surface area (Å²) in [5.41, 5.74) is 1.12. The minimum absolute atomic E-state index is 0.358. The first kappa shape index (κ1) is 11.8. The minimum atomic E-state index is 0.358. The van der Waals surface area contributed by atoms with Crippen molar-refractivity contribution in [1.29, 1.82) is 5.26 Å². The van der Waals surface area contributed by atoms with Gasteiger partial charge in [0.1, 0.15) is 11.8 Å². The number of hydrogen-bond donors (Lipinski definition) is 1. The summed E-state index contributed by atoms with van der Waals surface area (Å²) in [6.45, 7) is 3.50. The lowest BCUT2D eigenvalue weighted by atomic mass is 10.3. The lowest BCUT2D eigenvalue weighted by Crippen LogP contribution is -2.16. The first-order valence-electron chi connectivity index (χ1n) is 5.38. The van der Waals surface area contributed by atoms with E-state index >= 15 is 0 Å². The van der Waals surface area contributed by atoms with Crippen LogP contribution in [0.15, 0.2) is 21.9 Å². The highest BCUT2D eigenvalue weighted by Gasteiger charge is 2.01. The number of nitrogens with one attached hydrogen (secondary N) is 1. The van der Waals surface area contributed by atoms with Gasteiger partial charge in [0.2, 0.25) is 5.76 Å². The fraction of sp³-hybridized carbons (Fsp3) is 0.333. The van der Waals surface area contributed by atoms with Gasteiger partial charge in [-0.15, -0.1) is 11.3 Å². The summed E-state index contributed by atoms with van der Waals surface area (Å²) in [5, 5.41) is 15.0. The molecule has 0 spiro atoms. The van der Waals surface area contributed by atoms with Crippen LogP contribution in [0.5, 0.6) is 0 Å². The molecule has 0 saturated heterocycles. The van der Waals surface area contributed by atoms with Gasteiger partial charge < -0.3 is 9.73 Å².